The van der Waals surface area contributed by atoms with Crippen LogP contribution in [-0.2, 0) is 9.59 Å². The van der Waals surface area contributed by atoms with Crippen molar-refractivity contribution in [1.82, 2.24) is 0 Å². The zero-order valence-corrected chi connectivity index (χ0v) is 6.13. The molecular weight excluding hydrogens is 142 g/mol. The van der Waals surface area contributed by atoms with E-state index in [9.17, 15) is 9.59 Å². The van der Waals surface area contributed by atoms with Crippen LogP contribution in [0.5, 0.6) is 0 Å². The molecule has 0 saturated carbocycles. The predicted octanol–water partition coefficient (Wildman–Crippen LogP) is -1.16. The lowest BCUT2D eigenvalue weighted by Gasteiger charge is -1.98. The molecule has 0 aromatic carbocycles. The Morgan fingerprint density at radius 1 is 1.45 bits per heavy atom. The fourth-order valence-electron chi connectivity index (χ4n) is 0.753. The van der Waals surface area contributed by atoms with Crippen molar-refractivity contribution < 1.29 is 15.0 Å². The average molecular weight is 150 g/mol. The molecule has 0 unspecified atom stereocenters. The Hall–Kier alpha value is -1.51. The number of nitrogens with two attached hydrogens (primary N) is 1. The quantitative estimate of drug-likeness (QED) is 0.479. The first-order valence-corrected chi connectivity index (χ1v) is 3.18. The maximum absolute atomic E-state index is 10.9. The molecule has 0 bridgehead atoms. The summed E-state index contributed by atoms with van der Waals surface area (Å²) in [5, 5.41) is 5.27. The van der Waals surface area contributed by atoms with Crippen LogP contribution in [0.15, 0.2) is 23.8 Å². The van der Waals surface area contributed by atoms with Gasteiger partial charge in [0.25, 0.3) is 0 Å². The van der Waals surface area contributed by atoms with E-state index in [1.54, 1.807) is 6.08 Å². The summed E-state index contributed by atoms with van der Waals surface area (Å²) in [5.74, 6) is -0.417. The van der Waals surface area contributed by atoms with Gasteiger partial charge in [0, 0.05) is 17.7 Å². The second kappa shape index (κ2) is 2.62. The van der Waals surface area contributed by atoms with E-state index in [1.165, 1.54) is 19.1 Å². The van der Waals surface area contributed by atoms with Gasteiger partial charge in [-0.25, -0.2) is 0 Å². The van der Waals surface area contributed by atoms with Gasteiger partial charge in [0.2, 0.25) is 11.5 Å². The second-order valence-electron chi connectivity index (χ2n) is 2.31. The Morgan fingerprint density at radius 3 is 2.55 bits per heavy atom. The van der Waals surface area contributed by atoms with Gasteiger partial charge >= 0.3 is 0 Å². The van der Waals surface area contributed by atoms with Crippen molar-refractivity contribution in [2.75, 3.05) is 0 Å². The highest BCUT2D eigenvalue weighted by Gasteiger charge is 2.15. The number of allylic oxidation sites excluding steroid dienone is 4. The number of Topliss-reactive ketones (excluding diaryl/α,β-unsaturated/α-hetero) is 1. The van der Waals surface area contributed by atoms with Crippen LogP contribution in [0.2, 0.25) is 0 Å². The number of hydrogen-bond acceptors (Lipinski definition) is 2. The van der Waals surface area contributed by atoms with Crippen molar-refractivity contribution in [2.45, 2.75) is 6.92 Å². The second-order valence-corrected chi connectivity index (χ2v) is 2.31. The summed E-state index contributed by atoms with van der Waals surface area (Å²) in [6.07, 6.45) is 4.23. The Bertz CT molecular complexity index is 297. The molecule has 1 rings (SSSR count). The van der Waals surface area contributed by atoms with Crippen LogP contribution >= 0.6 is 0 Å². The van der Waals surface area contributed by atoms with Crippen LogP contribution in [0.25, 0.3) is 0 Å². The molecule has 1 aliphatic carbocycles. The highest BCUT2D eigenvalue weighted by Crippen LogP contribution is 2.04. The zero-order valence-electron chi connectivity index (χ0n) is 6.13. The van der Waals surface area contributed by atoms with Crippen molar-refractivity contribution in [3.05, 3.63) is 23.8 Å². The van der Waals surface area contributed by atoms with E-state index in [2.05, 4.69) is 0 Å². The molecule has 3 nitrogen and oxygen atoms in total. The fourth-order valence-corrected chi connectivity index (χ4v) is 0.753. The SMILES string of the molecule is CC(=O)C1=CC(=O)C(=[NH2+])C=C1. The molecule has 11 heavy (non-hydrogen) atoms. The minimum atomic E-state index is -0.294. The molecule has 1 aliphatic rings. The van der Waals surface area contributed by atoms with Gasteiger partial charge in [-0.15, -0.1) is 0 Å². The molecule has 0 amide bonds. The summed E-state index contributed by atoms with van der Waals surface area (Å²) in [5.41, 5.74) is 0.583. The molecular formula is C8H8NO2+. The van der Waals surface area contributed by atoms with Crippen molar-refractivity contribution in [3.63, 3.8) is 0 Å². The van der Waals surface area contributed by atoms with Crippen molar-refractivity contribution >= 4 is 17.3 Å². The molecule has 0 radical (unpaired) electrons. The van der Waals surface area contributed by atoms with Gasteiger partial charge in [0.1, 0.15) is 0 Å². The van der Waals surface area contributed by atoms with E-state index >= 15 is 0 Å². The largest absolute Gasteiger partial charge is 0.295 e. The monoisotopic (exact) mass is 150 g/mol. The molecule has 0 saturated heterocycles. The zero-order chi connectivity index (χ0) is 8.43. The van der Waals surface area contributed by atoms with Crippen molar-refractivity contribution in [2.24, 2.45) is 0 Å². The minimum Gasteiger partial charge on any atom is -0.295 e. The molecule has 0 aromatic rings. The maximum atomic E-state index is 10.9. The number of rotatable bonds is 1. The van der Waals surface area contributed by atoms with Gasteiger partial charge in [-0.1, -0.05) is 0 Å². The normalized spacial score (nSPS) is 16.6. The number of ketones is 2. The molecule has 0 fully saturated rings. The van der Waals surface area contributed by atoms with E-state index in [4.69, 9.17) is 5.41 Å². The van der Waals surface area contributed by atoms with Gasteiger partial charge in [-0.2, -0.15) is 0 Å². The first-order chi connectivity index (χ1) is 5.11. The van der Waals surface area contributed by atoms with Gasteiger partial charge in [0.05, 0.1) is 0 Å². The Labute approximate surface area is 63.9 Å². The van der Waals surface area contributed by atoms with Crippen LogP contribution in [0.4, 0.5) is 0 Å². The number of carbonyl (C=O) groups is 2. The van der Waals surface area contributed by atoms with Crippen LogP contribution in [0.1, 0.15) is 6.92 Å². The first-order valence-electron chi connectivity index (χ1n) is 3.18. The molecule has 0 atom stereocenters. The van der Waals surface area contributed by atoms with E-state index in [1.807, 2.05) is 0 Å². The minimum absolute atomic E-state index is 0.123. The summed E-state index contributed by atoms with van der Waals surface area (Å²) in [6, 6.07) is 0. The van der Waals surface area contributed by atoms with Crippen LogP contribution in [-0.4, -0.2) is 17.3 Å². The molecule has 3 heteroatoms. The molecule has 0 aliphatic heterocycles. The fraction of sp³-hybridized carbons (Fsp3) is 0.125. The van der Waals surface area contributed by atoms with E-state index in [0.717, 1.165) is 0 Å². The van der Waals surface area contributed by atoms with Gasteiger partial charge in [-0.05, 0) is 13.0 Å². The third-order valence-corrected chi connectivity index (χ3v) is 1.42. The van der Waals surface area contributed by atoms with Crippen molar-refractivity contribution in [3.8, 4) is 0 Å². The topological polar surface area (TPSA) is 59.7 Å². The maximum Gasteiger partial charge on any atom is 0.249 e. The van der Waals surface area contributed by atoms with Crippen molar-refractivity contribution in [1.29, 1.82) is 0 Å². The van der Waals surface area contributed by atoms with Gasteiger partial charge in [-0.3, -0.25) is 15.0 Å². The summed E-state index contributed by atoms with van der Waals surface area (Å²) >= 11 is 0. The summed E-state index contributed by atoms with van der Waals surface area (Å²) in [4.78, 5) is 21.6. The van der Waals surface area contributed by atoms with E-state index in [-0.39, 0.29) is 17.3 Å². The summed E-state index contributed by atoms with van der Waals surface area (Å²) < 4.78 is 0. The summed E-state index contributed by atoms with van der Waals surface area (Å²) in [7, 11) is 0. The lowest BCUT2D eigenvalue weighted by atomic mass is 10.0. The lowest BCUT2D eigenvalue weighted by molar-refractivity contribution is -0.131. The molecule has 0 aromatic heterocycles. The predicted molar refractivity (Wildman–Crippen MR) is 39.8 cm³/mol. The summed E-state index contributed by atoms with van der Waals surface area (Å²) in [6.45, 7) is 1.41. The van der Waals surface area contributed by atoms with Gasteiger partial charge in [0.15, 0.2) is 5.78 Å². The van der Waals surface area contributed by atoms with E-state index in [0.29, 0.717) is 5.57 Å². The van der Waals surface area contributed by atoms with Gasteiger partial charge < -0.3 is 0 Å². The Balaban J connectivity index is 2.98. The third kappa shape index (κ3) is 1.49. The smallest absolute Gasteiger partial charge is 0.249 e. The number of carbonyl (C=O) groups excluding carboxylic acids is 2. The standard InChI is InChI=1S/C8H7NO2/c1-5(10)6-2-3-7(9)8(11)4-6/h2-4,9H,1H3/p+1. The van der Waals surface area contributed by atoms with Crippen LogP contribution < -0.4 is 5.41 Å². The van der Waals surface area contributed by atoms with Crippen LogP contribution in [0, 0.1) is 0 Å². The molecule has 0 spiro atoms. The first kappa shape index (κ1) is 7.60. The third-order valence-electron chi connectivity index (χ3n) is 1.42. The number of hydrogen-bond donors (Lipinski definition) is 1. The molecule has 2 N–H and O–H groups in total. The van der Waals surface area contributed by atoms with Crippen LogP contribution in [0.3, 0.4) is 0 Å². The molecule has 0 heterocycles. The highest BCUT2D eigenvalue weighted by atomic mass is 16.1. The highest BCUT2D eigenvalue weighted by molar-refractivity contribution is 6.47. The van der Waals surface area contributed by atoms with E-state index < -0.39 is 0 Å². The molecule has 56 valence electrons. The Morgan fingerprint density at radius 2 is 2.09 bits per heavy atom. The average Bonchev–Trinajstić information content (AvgIpc) is 1.94. The Kier molecular flexibility index (Phi) is 1.81. The lowest BCUT2D eigenvalue weighted by Crippen LogP contribution is -2.43.